The van der Waals surface area contributed by atoms with Crippen molar-refractivity contribution in [3.8, 4) is 0 Å². The van der Waals surface area contributed by atoms with Crippen LogP contribution in [0.15, 0.2) is 35.3 Å². The Morgan fingerprint density at radius 3 is 2.50 bits per heavy atom. The Labute approximate surface area is 133 Å². The predicted octanol–water partition coefficient (Wildman–Crippen LogP) is 1.24. The van der Waals surface area contributed by atoms with Gasteiger partial charge in [-0.15, -0.1) is 0 Å². The van der Waals surface area contributed by atoms with Gasteiger partial charge in [0.05, 0.1) is 18.3 Å². The number of aliphatic imine (C=N–C) groups is 1. The van der Waals surface area contributed by atoms with Crippen molar-refractivity contribution in [2.24, 2.45) is 4.99 Å². The maximum absolute atomic E-state index is 11.3. The van der Waals surface area contributed by atoms with Gasteiger partial charge in [-0.05, 0) is 26.3 Å². The molecule has 1 unspecified atom stereocenters. The van der Waals surface area contributed by atoms with Crippen molar-refractivity contribution in [2.45, 2.75) is 26.8 Å². The minimum absolute atomic E-state index is 0.0834. The van der Waals surface area contributed by atoms with Gasteiger partial charge in [0.25, 0.3) is 0 Å². The van der Waals surface area contributed by atoms with E-state index in [1.54, 1.807) is 6.92 Å². The molecule has 0 aliphatic heterocycles. The Balaban J connectivity index is 2.55. The van der Waals surface area contributed by atoms with E-state index in [1.165, 1.54) is 5.56 Å². The third kappa shape index (κ3) is 6.91. The first kappa shape index (κ1) is 18.4. The predicted molar refractivity (Wildman–Crippen MR) is 91.4 cm³/mol. The fourth-order valence-electron chi connectivity index (χ4n) is 1.82. The van der Waals surface area contributed by atoms with Gasteiger partial charge in [-0.1, -0.05) is 30.3 Å². The number of rotatable bonds is 8. The van der Waals surface area contributed by atoms with Gasteiger partial charge < -0.3 is 10.6 Å². The Morgan fingerprint density at radius 1 is 1.23 bits per heavy atom. The molecule has 0 aromatic heterocycles. The van der Waals surface area contributed by atoms with Crippen LogP contribution in [0.4, 0.5) is 0 Å². The summed E-state index contributed by atoms with van der Waals surface area (Å²) in [5, 5.41) is 6.46. The van der Waals surface area contributed by atoms with Gasteiger partial charge in [-0.2, -0.15) is 0 Å². The third-order valence-electron chi connectivity index (χ3n) is 3.08. The van der Waals surface area contributed by atoms with Gasteiger partial charge in [-0.25, -0.2) is 13.1 Å². The summed E-state index contributed by atoms with van der Waals surface area (Å²) < 4.78 is 25.2. The number of hydrogen-bond donors (Lipinski definition) is 3. The van der Waals surface area contributed by atoms with Crippen LogP contribution in [0.3, 0.4) is 0 Å². The van der Waals surface area contributed by atoms with Crippen molar-refractivity contribution in [2.75, 3.05) is 25.4 Å². The molecule has 0 radical (unpaired) electrons. The van der Waals surface area contributed by atoms with Crippen LogP contribution in [0.25, 0.3) is 0 Å². The zero-order valence-electron chi connectivity index (χ0n) is 13.5. The van der Waals surface area contributed by atoms with E-state index in [0.717, 1.165) is 6.54 Å². The molecule has 1 rings (SSSR count). The fraction of sp³-hybridized carbons (Fsp3) is 0.533. The fourth-order valence-corrected chi connectivity index (χ4v) is 2.43. The molecule has 22 heavy (non-hydrogen) atoms. The Morgan fingerprint density at radius 2 is 1.91 bits per heavy atom. The maximum atomic E-state index is 11.3. The van der Waals surface area contributed by atoms with Crippen molar-refractivity contribution < 1.29 is 8.42 Å². The molecule has 0 amide bonds. The molecule has 6 nitrogen and oxygen atoms in total. The Kier molecular flexibility index (Phi) is 7.90. The zero-order valence-corrected chi connectivity index (χ0v) is 14.3. The molecule has 7 heteroatoms. The van der Waals surface area contributed by atoms with E-state index >= 15 is 0 Å². The van der Waals surface area contributed by atoms with Crippen LogP contribution in [-0.4, -0.2) is 39.8 Å². The summed E-state index contributed by atoms with van der Waals surface area (Å²) in [6.07, 6.45) is 0. The van der Waals surface area contributed by atoms with E-state index in [-0.39, 0.29) is 11.8 Å². The summed E-state index contributed by atoms with van der Waals surface area (Å²) in [6.45, 7) is 7.08. The highest BCUT2D eigenvalue weighted by Crippen LogP contribution is 2.10. The average Bonchev–Trinajstić information content (AvgIpc) is 2.52. The van der Waals surface area contributed by atoms with Crippen LogP contribution in [-0.2, 0) is 10.0 Å². The lowest BCUT2D eigenvalue weighted by molar-refractivity contribution is 0.583. The van der Waals surface area contributed by atoms with Crippen LogP contribution in [0.2, 0.25) is 0 Å². The smallest absolute Gasteiger partial charge is 0.211 e. The number of guanidine groups is 1. The summed E-state index contributed by atoms with van der Waals surface area (Å²) in [6, 6.07) is 10.2. The molecule has 0 bridgehead atoms. The van der Waals surface area contributed by atoms with E-state index in [9.17, 15) is 8.42 Å². The van der Waals surface area contributed by atoms with E-state index in [2.05, 4.69) is 39.4 Å². The molecule has 0 spiro atoms. The molecule has 0 aliphatic rings. The quantitative estimate of drug-likeness (QED) is 0.381. The molecule has 124 valence electrons. The topological polar surface area (TPSA) is 82.6 Å². The lowest BCUT2D eigenvalue weighted by atomic mass is 10.1. The van der Waals surface area contributed by atoms with Gasteiger partial charge in [0.2, 0.25) is 10.0 Å². The van der Waals surface area contributed by atoms with E-state index in [1.807, 2.05) is 25.1 Å². The molecule has 0 fully saturated rings. The summed E-state index contributed by atoms with van der Waals surface area (Å²) in [5.74, 6) is 0.759. The van der Waals surface area contributed by atoms with E-state index in [4.69, 9.17) is 0 Å². The molecule has 1 atom stereocenters. The second-order valence-corrected chi connectivity index (χ2v) is 6.93. The van der Waals surface area contributed by atoms with Crippen LogP contribution in [0.5, 0.6) is 0 Å². The minimum atomic E-state index is -3.16. The van der Waals surface area contributed by atoms with Crippen LogP contribution >= 0.6 is 0 Å². The van der Waals surface area contributed by atoms with Gasteiger partial charge in [0.15, 0.2) is 5.96 Å². The van der Waals surface area contributed by atoms with Crippen molar-refractivity contribution in [3.05, 3.63) is 35.9 Å². The number of sulfonamides is 1. The van der Waals surface area contributed by atoms with Crippen molar-refractivity contribution in [1.82, 2.24) is 15.4 Å². The molecule has 0 heterocycles. The number of hydrogen-bond acceptors (Lipinski definition) is 3. The highest BCUT2D eigenvalue weighted by molar-refractivity contribution is 7.89. The molecular weight excluding hydrogens is 300 g/mol. The molecular formula is C15H26N4O2S. The first-order valence-electron chi connectivity index (χ1n) is 7.55. The van der Waals surface area contributed by atoms with Crippen LogP contribution in [0, 0.1) is 0 Å². The molecule has 0 aliphatic carbocycles. The van der Waals surface area contributed by atoms with Gasteiger partial charge in [0, 0.05) is 13.1 Å². The van der Waals surface area contributed by atoms with Crippen LogP contribution in [0.1, 0.15) is 32.4 Å². The summed E-state index contributed by atoms with van der Waals surface area (Å²) in [7, 11) is -3.16. The highest BCUT2D eigenvalue weighted by atomic mass is 32.2. The number of nitrogens with one attached hydrogen (secondary N) is 3. The largest absolute Gasteiger partial charge is 0.357 e. The number of benzene rings is 1. The summed E-state index contributed by atoms with van der Waals surface area (Å²) >= 11 is 0. The molecule has 0 saturated heterocycles. The molecule has 0 saturated carbocycles. The van der Waals surface area contributed by atoms with E-state index in [0.29, 0.717) is 19.0 Å². The summed E-state index contributed by atoms with van der Waals surface area (Å²) in [5.41, 5.74) is 1.17. The SMILES string of the molecule is CCNC(=NCCNS(=O)(=O)CC)NC(C)c1ccccc1. The molecule has 3 N–H and O–H groups in total. The van der Waals surface area contributed by atoms with Gasteiger partial charge >= 0.3 is 0 Å². The van der Waals surface area contributed by atoms with Gasteiger partial charge in [-0.3, -0.25) is 4.99 Å². The Hall–Kier alpha value is -1.60. The van der Waals surface area contributed by atoms with E-state index < -0.39 is 10.0 Å². The lowest BCUT2D eigenvalue weighted by Crippen LogP contribution is -2.39. The van der Waals surface area contributed by atoms with Crippen molar-refractivity contribution >= 4 is 16.0 Å². The maximum Gasteiger partial charge on any atom is 0.211 e. The van der Waals surface area contributed by atoms with Gasteiger partial charge in [0.1, 0.15) is 0 Å². The van der Waals surface area contributed by atoms with Crippen molar-refractivity contribution in [1.29, 1.82) is 0 Å². The zero-order chi connectivity index (χ0) is 16.4. The lowest BCUT2D eigenvalue weighted by Gasteiger charge is -2.18. The van der Waals surface area contributed by atoms with Crippen LogP contribution < -0.4 is 15.4 Å². The van der Waals surface area contributed by atoms with Crippen molar-refractivity contribution in [3.63, 3.8) is 0 Å². The first-order valence-corrected chi connectivity index (χ1v) is 9.20. The monoisotopic (exact) mass is 326 g/mol. The average molecular weight is 326 g/mol. The standard InChI is InChI=1S/C15H26N4O2S/c1-4-16-15(17-11-12-18-22(20,21)5-2)19-13(3)14-9-7-6-8-10-14/h6-10,13,18H,4-5,11-12H2,1-3H3,(H2,16,17,19). The molecule has 1 aromatic rings. The second kappa shape index (κ2) is 9.42. The normalized spacial score (nSPS) is 13.7. The first-order chi connectivity index (χ1) is 10.5. The number of nitrogens with zero attached hydrogens (tertiary/aromatic N) is 1. The summed E-state index contributed by atoms with van der Waals surface area (Å²) in [4.78, 5) is 4.38. The molecule has 1 aromatic carbocycles. The minimum Gasteiger partial charge on any atom is -0.357 e. The Bertz CT molecular complexity index is 558. The second-order valence-electron chi connectivity index (χ2n) is 4.84. The highest BCUT2D eigenvalue weighted by Gasteiger charge is 2.07. The third-order valence-corrected chi connectivity index (χ3v) is 4.48.